The third kappa shape index (κ3) is 1.88. The molecule has 0 aromatic carbocycles. The summed E-state index contributed by atoms with van der Waals surface area (Å²) < 4.78 is 0. The Kier molecular flexibility index (Phi) is 2.32. The smallest absolute Gasteiger partial charge is 0.104 e. The number of aliphatic hydroxyl groups excluding tert-OH is 1. The molecular formula is C7H6OS. The first-order valence-electron chi connectivity index (χ1n) is 2.55. The van der Waals surface area contributed by atoms with Gasteiger partial charge in [0.05, 0.1) is 0 Å². The highest BCUT2D eigenvalue weighted by Crippen LogP contribution is 2.02. The van der Waals surface area contributed by atoms with Gasteiger partial charge >= 0.3 is 0 Å². The van der Waals surface area contributed by atoms with Crippen LogP contribution in [0.5, 0.6) is 0 Å². The van der Waals surface area contributed by atoms with Gasteiger partial charge in [-0.15, -0.1) is 0 Å². The number of hydrogen-bond donors (Lipinski definition) is 1. The standard InChI is InChI=1S/C7H6OS/c8-4-1-2-7-3-5-9-6-7/h3,5-6,8H,4H2. The van der Waals surface area contributed by atoms with Gasteiger partial charge in [0.15, 0.2) is 0 Å². The van der Waals surface area contributed by atoms with Gasteiger partial charge in [-0.25, -0.2) is 0 Å². The fraction of sp³-hybridized carbons (Fsp3) is 0.143. The third-order valence-electron chi connectivity index (χ3n) is 0.833. The van der Waals surface area contributed by atoms with E-state index in [9.17, 15) is 0 Å². The second-order valence-electron chi connectivity index (χ2n) is 1.47. The molecule has 0 saturated heterocycles. The maximum atomic E-state index is 8.29. The summed E-state index contributed by atoms with van der Waals surface area (Å²) in [6.07, 6.45) is 0. The molecule has 2 heteroatoms. The normalized spacial score (nSPS) is 8.11. The highest BCUT2D eigenvalue weighted by Gasteiger charge is 1.81. The third-order valence-corrected chi connectivity index (χ3v) is 1.52. The summed E-state index contributed by atoms with van der Waals surface area (Å²) in [5.74, 6) is 5.35. The molecule has 1 nitrogen and oxygen atoms in total. The number of aliphatic hydroxyl groups is 1. The van der Waals surface area contributed by atoms with Crippen molar-refractivity contribution in [2.24, 2.45) is 0 Å². The number of thiophene rings is 1. The monoisotopic (exact) mass is 138 g/mol. The Morgan fingerprint density at radius 3 is 3.11 bits per heavy atom. The summed E-state index contributed by atoms with van der Waals surface area (Å²) in [7, 11) is 0. The molecule has 1 aromatic rings. The van der Waals surface area contributed by atoms with Crippen molar-refractivity contribution < 1.29 is 5.11 Å². The fourth-order valence-electron chi connectivity index (χ4n) is 0.477. The Bertz CT molecular complexity index is 215. The van der Waals surface area contributed by atoms with Crippen molar-refractivity contribution in [2.45, 2.75) is 0 Å². The van der Waals surface area contributed by atoms with Crippen LogP contribution >= 0.6 is 11.3 Å². The molecule has 0 aliphatic heterocycles. The molecule has 0 aliphatic carbocycles. The molecule has 9 heavy (non-hydrogen) atoms. The lowest BCUT2D eigenvalue weighted by molar-refractivity contribution is 0.350. The van der Waals surface area contributed by atoms with E-state index >= 15 is 0 Å². The summed E-state index contributed by atoms with van der Waals surface area (Å²) in [6.45, 7) is -0.0597. The molecule has 1 aromatic heterocycles. The Morgan fingerprint density at radius 2 is 2.56 bits per heavy atom. The summed E-state index contributed by atoms with van der Waals surface area (Å²) in [5.41, 5.74) is 0.981. The lowest BCUT2D eigenvalue weighted by Crippen LogP contribution is -1.71. The molecule has 0 atom stereocenters. The zero-order valence-electron chi connectivity index (χ0n) is 4.79. The van der Waals surface area contributed by atoms with E-state index in [-0.39, 0.29) is 6.61 Å². The molecular weight excluding hydrogens is 132 g/mol. The lowest BCUT2D eigenvalue weighted by Gasteiger charge is -1.72. The van der Waals surface area contributed by atoms with E-state index in [1.165, 1.54) is 0 Å². The second kappa shape index (κ2) is 3.29. The van der Waals surface area contributed by atoms with Crippen molar-refractivity contribution in [3.05, 3.63) is 22.4 Å². The maximum Gasteiger partial charge on any atom is 0.104 e. The Labute approximate surface area is 58.0 Å². The van der Waals surface area contributed by atoms with E-state index in [1.807, 2.05) is 16.8 Å². The molecule has 0 bridgehead atoms. The van der Waals surface area contributed by atoms with Crippen molar-refractivity contribution in [2.75, 3.05) is 6.61 Å². The molecule has 1 heterocycles. The molecule has 0 amide bonds. The van der Waals surface area contributed by atoms with E-state index in [0.29, 0.717) is 0 Å². The fourth-order valence-corrected chi connectivity index (χ4v) is 1.07. The van der Waals surface area contributed by atoms with E-state index < -0.39 is 0 Å². The Hall–Kier alpha value is -0.780. The molecule has 0 aliphatic rings. The van der Waals surface area contributed by atoms with Crippen LogP contribution in [0.4, 0.5) is 0 Å². The van der Waals surface area contributed by atoms with Crippen molar-refractivity contribution in [3.63, 3.8) is 0 Å². The van der Waals surface area contributed by atoms with Gasteiger partial charge in [-0.1, -0.05) is 11.8 Å². The van der Waals surface area contributed by atoms with Crippen LogP contribution in [-0.2, 0) is 0 Å². The SMILES string of the molecule is OCC#Cc1ccsc1. The zero-order valence-corrected chi connectivity index (χ0v) is 5.61. The van der Waals surface area contributed by atoms with Gasteiger partial charge in [0.25, 0.3) is 0 Å². The molecule has 46 valence electrons. The quantitative estimate of drug-likeness (QED) is 0.532. The van der Waals surface area contributed by atoms with Gasteiger partial charge in [0, 0.05) is 10.9 Å². The summed E-state index contributed by atoms with van der Waals surface area (Å²) >= 11 is 1.61. The Balaban J connectivity index is 2.67. The van der Waals surface area contributed by atoms with Gasteiger partial charge < -0.3 is 5.11 Å². The minimum atomic E-state index is -0.0597. The molecule has 0 radical (unpaired) electrons. The van der Waals surface area contributed by atoms with Gasteiger partial charge in [0.1, 0.15) is 6.61 Å². The summed E-state index contributed by atoms with van der Waals surface area (Å²) in [4.78, 5) is 0. The topological polar surface area (TPSA) is 20.2 Å². The predicted octanol–water partition coefficient (Wildman–Crippen LogP) is 1.09. The molecule has 0 fully saturated rings. The average molecular weight is 138 g/mol. The average Bonchev–Trinajstić information content (AvgIpc) is 2.34. The molecule has 0 unspecified atom stereocenters. The minimum absolute atomic E-state index is 0.0597. The van der Waals surface area contributed by atoms with E-state index in [2.05, 4.69) is 11.8 Å². The Morgan fingerprint density at radius 1 is 1.67 bits per heavy atom. The van der Waals surface area contributed by atoms with Crippen LogP contribution in [0.3, 0.4) is 0 Å². The van der Waals surface area contributed by atoms with Crippen LogP contribution in [0.1, 0.15) is 5.56 Å². The van der Waals surface area contributed by atoms with E-state index in [4.69, 9.17) is 5.11 Å². The summed E-state index contributed by atoms with van der Waals surface area (Å²) in [6, 6.07) is 1.92. The summed E-state index contributed by atoms with van der Waals surface area (Å²) in [5, 5.41) is 12.2. The molecule has 1 rings (SSSR count). The second-order valence-corrected chi connectivity index (χ2v) is 2.25. The first-order valence-corrected chi connectivity index (χ1v) is 3.49. The highest BCUT2D eigenvalue weighted by molar-refractivity contribution is 7.08. The van der Waals surface area contributed by atoms with Crippen LogP contribution in [0, 0.1) is 11.8 Å². The lowest BCUT2D eigenvalue weighted by atomic mass is 10.3. The molecule has 1 N–H and O–H groups in total. The van der Waals surface area contributed by atoms with Crippen LogP contribution in [0.25, 0.3) is 0 Å². The van der Waals surface area contributed by atoms with Crippen LogP contribution in [0.15, 0.2) is 16.8 Å². The van der Waals surface area contributed by atoms with E-state index in [0.717, 1.165) is 5.56 Å². The van der Waals surface area contributed by atoms with Gasteiger partial charge in [-0.05, 0) is 11.4 Å². The first-order chi connectivity index (χ1) is 4.43. The maximum absolute atomic E-state index is 8.29. The van der Waals surface area contributed by atoms with Gasteiger partial charge in [-0.2, -0.15) is 11.3 Å². The van der Waals surface area contributed by atoms with Crippen LogP contribution < -0.4 is 0 Å². The van der Waals surface area contributed by atoms with Crippen molar-refractivity contribution >= 4 is 11.3 Å². The predicted molar refractivity (Wildman–Crippen MR) is 38.3 cm³/mol. The highest BCUT2D eigenvalue weighted by atomic mass is 32.1. The van der Waals surface area contributed by atoms with Gasteiger partial charge in [0.2, 0.25) is 0 Å². The molecule has 0 saturated carbocycles. The number of rotatable bonds is 0. The first kappa shape index (κ1) is 6.34. The van der Waals surface area contributed by atoms with Crippen molar-refractivity contribution in [1.82, 2.24) is 0 Å². The van der Waals surface area contributed by atoms with E-state index in [1.54, 1.807) is 11.3 Å². The van der Waals surface area contributed by atoms with Crippen LogP contribution in [-0.4, -0.2) is 11.7 Å². The molecule has 0 spiro atoms. The van der Waals surface area contributed by atoms with Crippen molar-refractivity contribution in [3.8, 4) is 11.8 Å². The van der Waals surface area contributed by atoms with Crippen molar-refractivity contribution in [1.29, 1.82) is 0 Å². The van der Waals surface area contributed by atoms with Gasteiger partial charge in [-0.3, -0.25) is 0 Å². The van der Waals surface area contributed by atoms with Crippen LogP contribution in [0.2, 0.25) is 0 Å². The zero-order chi connectivity index (χ0) is 6.53. The number of hydrogen-bond acceptors (Lipinski definition) is 2. The largest absolute Gasteiger partial charge is 0.384 e. The minimum Gasteiger partial charge on any atom is -0.384 e.